The summed E-state index contributed by atoms with van der Waals surface area (Å²) in [4.78, 5) is 20.2. The number of nitrogens with zero attached hydrogens (tertiary/aromatic N) is 2. The van der Waals surface area contributed by atoms with Gasteiger partial charge in [0.1, 0.15) is 11.6 Å². The van der Waals surface area contributed by atoms with Gasteiger partial charge in [0, 0.05) is 11.1 Å². The SMILES string of the molecule is CC(Sc1nc(N)cc(N)n1)C(=O)Nc1ccc(Cl)cc1Cl. The molecule has 1 aromatic heterocycles. The summed E-state index contributed by atoms with van der Waals surface area (Å²) in [7, 11) is 0. The van der Waals surface area contributed by atoms with E-state index < -0.39 is 5.25 Å². The van der Waals surface area contributed by atoms with E-state index in [0.29, 0.717) is 20.9 Å². The van der Waals surface area contributed by atoms with Crippen molar-refractivity contribution in [2.24, 2.45) is 0 Å². The van der Waals surface area contributed by atoms with Gasteiger partial charge >= 0.3 is 0 Å². The van der Waals surface area contributed by atoms with Gasteiger partial charge in [-0.05, 0) is 25.1 Å². The molecule has 0 spiro atoms. The smallest absolute Gasteiger partial charge is 0.237 e. The number of hydrogen-bond donors (Lipinski definition) is 3. The molecule has 0 radical (unpaired) electrons. The predicted molar refractivity (Wildman–Crippen MR) is 91.3 cm³/mol. The van der Waals surface area contributed by atoms with Gasteiger partial charge in [0.25, 0.3) is 0 Å². The Balaban J connectivity index is 2.05. The molecule has 0 aliphatic carbocycles. The number of halogens is 2. The molecule has 2 aromatic rings. The van der Waals surface area contributed by atoms with Gasteiger partial charge in [0.05, 0.1) is 16.0 Å². The van der Waals surface area contributed by atoms with Crippen LogP contribution in [0.3, 0.4) is 0 Å². The van der Waals surface area contributed by atoms with E-state index in [1.54, 1.807) is 25.1 Å². The molecule has 0 fully saturated rings. The van der Waals surface area contributed by atoms with E-state index in [1.807, 2.05) is 0 Å². The molecule has 1 amide bonds. The lowest BCUT2D eigenvalue weighted by Gasteiger charge is -2.12. The van der Waals surface area contributed by atoms with Crippen LogP contribution in [-0.4, -0.2) is 21.1 Å². The summed E-state index contributed by atoms with van der Waals surface area (Å²) in [6.45, 7) is 1.71. The molecule has 0 aliphatic heterocycles. The van der Waals surface area contributed by atoms with Crippen LogP contribution < -0.4 is 16.8 Å². The first-order valence-electron chi connectivity index (χ1n) is 6.18. The molecule has 0 bridgehead atoms. The molecule has 1 heterocycles. The first-order chi connectivity index (χ1) is 10.3. The summed E-state index contributed by atoms with van der Waals surface area (Å²) in [6.07, 6.45) is 0. The highest BCUT2D eigenvalue weighted by molar-refractivity contribution is 8.00. The van der Waals surface area contributed by atoms with Crippen LogP contribution in [0.1, 0.15) is 6.92 Å². The standard InChI is InChI=1S/C13H13Cl2N5OS/c1-6(22-13-19-10(16)5-11(17)20-13)12(21)18-9-3-2-7(14)4-8(9)15/h2-6H,1H3,(H,18,21)(H4,16,17,19,20). The Morgan fingerprint density at radius 2 is 1.86 bits per heavy atom. The first kappa shape index (κ1) is 16.7. The third kappa shape index (κ3) is 4.40. The van der Waals surface area contributed by atoms with Crippen LogP contribution in [0.4, 0.5) is 17.3 Å². The molecule has 0 saturated heterocycles. The number of nitrogen functional groups attached to an aromatic ring is 2. The van der Waals surface area contributed by atoms with Gasteiger partial charge < -0.3 is 16.8 Å². The maximum absolute atomic E-state index is 12.2. The average molecular weight is 358 g/mol. The second-order valence-corrected chi connectivity index (χ2v) is 6.53. The number of carbonyl (C=O) groups excluding carboxylic acids is 1. The molecule has 116 valence electrons. The maximum atomic E-state index is 12.2. The zero-order valence-corrected chi connectivity index (χ0v) is 13.8. The molecular formula is C13H13Cl2N5OS. The highest BCUT2D eigenvalue weighted by atomic mass is 35.5. The Hall–Kier alpha value is -1.70. The average Bonchev–Trinajstić information content (AvgIpc) is 2.40. The number of benzene rings is 1. The van der Waals surface area contributed by atoms with Crippen molar-refractivity contribution in [2.75, 3.05) is 16.8 Å². The highest BCUT2D eigenvalue weighted by Gasteiger charge is 2.17. The van der Waals surface area contributed by atoms with Crippen LogP contribution >= 0.6 is 35.0 Å². The van der Waals surface area contributed by atoms with Gasteiger partial charge in [-0.1, -0.05) is 35.0 Å². The third-order valence-corrected chi connectivity index (χ3v) is 4.09. The quantitative estimate of drug-likeness (QED) is 0.573. The van der Waals surface area contributed by atoms with Crippen molar-refractivity contribution in [3.63, 3.8) is 0 Å². The lowest BCUT2D eigenvalue weighted by atomic mass is 10.3. The Morgan fingerprint density at radius 3 is 2.45 bits per heavy atom. The second-order valence-electron chi connectivity index (χ2n) is 4.37. The zero-order valence-electron chi connectivity index (χ0n) is 11.5. The number of carbonyl (C=O) groups is 1. The topological polar surface area (TPSA) is 107 Å². The molecule has 0 saturated carbocycles. The van der Waals surface area contributed by atoms with E-state index in [2.05, 4.69) is 15.3 Å². The molecule has 6 nitrogen and oxygen atoms in total. The molecule has 5 N–H and O–H groups in total. The summed E-state index contributed by atoms with van der Waals surface area (Å²) in [5.41, 5.74) is 11.7. The Bertz CT molecular complexity index is 693. The zero-order chi connectivity index (χ0) is 16.3. The summed E-state index contributed by atoms with van der Waals surface area (Å²) in [5, 5.41) is 3.45. The molecule has 2 rings (SSSR count). The summed E-state index contributed by atoms with van der Waals surface area (Å²) in [5.74, 6) is 0.255. The minimum absolute atomic E-state index is 0.251. The van der Waals surface area contributed by atoms with Crippen molar-refractivity contribution in [3.05, 3.63) is 34.3 Å². The Labute approximate surface area is 141 Å². The van der Waals surface area contributed by atoms with Crippen molar-refractivity contribution in [1.82, 2.24) is 9.97 Å². The van der Waals surface area contributed by atoms with E-state index in [0.717, 1.165) is 11.8 Å². The first-order valence-corrected chi connectivity index (χ1v) is 7.81. The normalized spacial score (nSPS) is 12.0. The largest absolute Gasteiger partial charge is 0.383 e. The summed E-state index contributed by atoms with van der Waals surface area (Å²) < 4.78 is 0. The van der Waals surface area contributed by atoms with E-state index >= 15 is 0 Å². The van der Waals surface area contributed by atoms with E-state index in [4.69, 9.17) is 34.7 Å². The number of nitrogens with two attached hydrogens (primary N) is 2. The van der Waals surface area contributed by atoms with Gasteiger partial charge in [-0.15, -0.1) is 0 Å². The fourth-order valence-electron chi connectivity index (χ4n) is 1.55. The minimum Gasteiger partial charge on any atom is -0.383 e. The predicted octanol–water partition coefficient (Wildman–Crippen LogP) is 3.07. The van der Waals surface area contributed by atoms with E-state index in [1.165, 1.54) is 6.07 Å². The molecule has 1 aromatic carbocycles. The number of hydrogen-bond acceptors (Lipinski definition) is 6. The highest BCUT2D eigenvalue weighted by Crippen LogP contribution is 2.27. The van der Waals surface area contributed by atoms with Crippen LogP contribution in [0.25, 0.3) is 0 Å². The minimum atomic E-state index is -0.465. The Morgan fingerprint density at radius 1 is 1.23 bits per heavy atom. The number of thioether (sulfide) groups is 1. The van der Waals surface area contributed by atoms with Gasteiger partial charge in [0.2, 0.25) is 5.91 Å². The number of anilines is 3. The number of amides is 1. The van der Waals surface area contributed by atoms with Crippen molar-refractivity contribution in [3.8, 4) is 0 Å². The fourth-order valence-corrected chi connectivity index (χ4v) is 2.81. The maximum Gasteiger partial charge on any atom is 0.237 e. The van der Waals surface area contributed by atoms with Gasteiger partial charge in [-0.3, -0.25) is 4.79 Å². The van der Waals surface area contributed by atoms with Crippen LogP contribution in [0.2, 0.25) is 10.0 Å². The van der Waals surface area contributed by atoms with Gasteiger partial charge in [0.15, 0.2) is 5.16 Å². The monoisotopic (exact) mass is 357 g/mol. The van der Waals surface area contributed by atoms with Crippen molar-refractivity contribution < 1.29 is 4.79 Å². The van der Waals surface area contributed by atoms with Crippen LogP contribution in [0, 0.1) is 0 Å². The van der Waals surface area contributed by atoms with E-state index in [9.17, 15) is 4.79 Å². The van der Waals surface area contributed by atoms with Crippen LogP contribution in [-0.2, 0) is 4.79 Å². The van der Waals surface area contributed by atoms with Crippen molar-refractivity contribution in [2.45, 2.75) is 17.3 Å². The van der Waals surface area contributed by atoms with Crippen molar-refractivity contribution >= 4 is 58.2 Å². The second kappa shape index (κ2) is 7.04. The molecular weight excluding hydrogens is 345 g/mol. The molecule has 0 aliphatic rings. The van der Waals surface area contributed by atoms with E-state index in [-0.39, 0.29) is 17.5 Å². The fraction of sp³-hybridized carbons (Fsp3) is 0.154. The summed E-state index contributed by atoms with van der Waals surface area (Å²) in [6, 6.07) is 6.28. The van der Waals surface area contributed by atoms with Gasteiger partial charge in [-0.2, -0.15) is 0 Å². The molecule has 9 heteroatoms. The van der Waals surface area contributed by atoms with Crippen LogP contribution in [0.5, 0.6) is 0 Å². The van der Waals surface area contributed by atoms with Crippen LogP contribution in [0.15, 0.2) is 29.4 Å². The summed E-state index contributed by atoms with van der Waals surface area (Å²) >= 11 is 13.0. The Kier molecular flexibility index (Phi) is 5.33. The third-order valence-electron chi connectivity index (χ3n) is 2.59. The molecule has 1 unspecified atom stereocenters. The number of aromatic nitrogens is 2. The number of rotatable bonds is 4. The van der Waals surface area contributed by atoms with Crippen molar-refractivity contribution in [1.29, 1.82) is 0 Å². The number of nitrogens with one attached hydrogen (secondary N) is 1. The lowest BCUT2D eigenvalue weighted by Crippen LogP contribution is -2.23. The molecule has 1 atom stereocenters. The van der Waals surface area contributed by atoms with Gasteiger partial charge in [-0.25, -0.2) is 9.97 Å². The molecule has 22 heavy (non-hydrogen) atoms. The lowest BCUT2D eigenvalue weighted by molar-refractivity contribution is -0.115.